The predicted octanol–water partition coefficient (Wildman–Crippen LogP) is 3.10. The van der Waals surface area contributed by atoms with Crippen LogP contribution in [0.3, 0.4) is 0 Å². The number of pyridine rings is 2. The van der Waals surface area contributed by atoms with E-state index < -0.39 is 19.0 Å². The Balaban J connectivity index is 1.75. The molecule has 30 heavy (non-hydrogen) atoms. The zero-order valence-electron chi connectivity index (χ0n) is 15.6. The number of fused-ring (bicyclic) bond motifs is 1. The van der Waals surface area contributed by atoms with Gasteiger partial charge in [-0.25, -0.2) is 13.8 Å². The summed E-state index contributed by atoms with van der Waals surface area (Å²) >= 11 is 5.98. The molecule has 0 saturated heterocycles. The molecule has 0 bridgehead atoms. The van der Waals surface area contributed by atoms with E-state index in [0.29, 0.717) is 22.2 Å². The fraction of sp³-hybridized carbons (Fsp3) is 0.333. The van der Waals surface area contributed by atoms with E-state index in [1.165, 1.54) is 19.3 Å². The number of alkyl halides is 4. The van der Waals surface area contributed by atoms with Gasteiger partial charge in [-0.1, -0.05) is 11.6 Å². The largest absolute Gasteiger partial charge is 0.470 e. The van der Waals surface area contributed by atoms with E-state index in [1.54, 1.807) is 23.1 Å². The Hall–Kier alpha value is -2.95. The second-order valence-corrected chi connectivity index (χ2v) is 6.76. The second kappa shape index (κ2) is 8.82. The van der Waals surface area contributed by atoms with Crippen LogP contribution in [0.25, 0.3) is 10.9 Å². The fourth-order valence-corrected chi connectivity index (χ4v) is 2.83. The minimum absolute atomic E-state index is 0.0994. The molecule has 3 aromatic heterocycles. The molecule has 0 aromatic carbocycles. The number of nitrogens with one attached hydrogen (secondary N) is 1. The van der Waals surface area contributed by atoms with Gasteiger partial charge < -0.3 is 10.1 Å². The summed E-state index contributed by atoms with van der Waals surface area (Å²) in [7, 11) is 1.53. The van der Waals surface area contributed by atoms with Crippen molar-refractivity contribution >= 4 is 28.4 Å². The Bertz CT molecular complexity index is 1060. The van der Waals surface area contributed by atoms with Crippen LogP contribution in [0.1, 0.15) is 11.3 Å². The topological polar surface area (TPSA) is 81.9 Å². The molecule has 160 valence electrons. The maximum atomic E-state index is 13.0. The third-order valence-electron chi connectivity index (χ3n) is 4.10. The van der Waals surface area contributed by atoms with Crippen molar-refractivity contribution in [3.05, 3.63) is 47.0 Å². The first-order chi connectivity index (χ1) is 14.2. The Morgan fingerprint density at radius 2 is 2.13 bits per heavy atom. The van der Waals surface area contributed by atoms with E-state index in [9.17, 15) is 22.4 Å². The van der Waals surface area contributed by atoms with E-state index in [0.717, 1.165) is 0 Å². The highest BCUT2D eigenvalue weighted by Gasteiger charge is 2.42. The molecule has 0 spiro atoms. The van der Waals surface area contributed by atoms with Gasteiger partial charge in [0.05, 0.1) is 24.2 Å². The number of rotatable bonds is 8. The molecule has 0 aliphatic heterocycles. The number of hydrogen-bond donors (Lipinski definition) is 1. The Labute approximate surface area is 173 Å². The molecule has 1 N–H and O–H groups in total. The number of likely N-dealkylation sites (N-methyl/N-ethyl adjacent to an activating group) is 1. The van der Waals surface area contributed by atoms with Crippen LogP contribution in [0, 0.1) is 0 Å². The molecule has 0 aliphatic rings. The number of amides is 1. The first-order valence-electron chi connectivity index (χ1n) is 8.64. The van der Waals surface area contributed by atoms with Gasteiger partial charge in [0, 0.05) is 31.0 Å². The molecule has 0 saturated carbocycles. The molecule has 3 heterocycles. The minimum Gasteiger partial charge on any atom is -0.470 e. The summed E-state index contributed by atoms with van der Waals surface area (Å²) in [5, 5.41) is 7.54. The molecule has 0 atom stereocenters. The summed E-state index contributed by atoms with van der Waals surface area (Å²) in [5.41, 5.74) is 1.77. The highest BCUT2D eigenvalue weighted by molar-refractivity contribution is 6.31. The lowest BCUT2D eigenvalue weighted by Gasteiger charge is -2.16. The van der Waals surface area contributed by atoms with Crippen LogP contribution in [-0.4, -0.2) is 51.7 Å². The summed E-state index contributed by atoms with van der Waals surface area (Å²) in [4.78, 5) is 19.7. The maximum absolute atomic E-state index is 13.0. The van der Waals surface area contributed by atoms with E-state index in [1.807, 2.05) is 0 Å². The van der Waals surface area contributed by atoms with Gasteiger partial charge in [-0.15, -0.1) is 0 Å². The molecule has 1 amide bonds. The van der Waals surface area contributed by atoms with E-state index in [4.69, 9.17) is 11.6 Å². The molecule has 0 aliphatic carbocycles. The highest BCUT2D eigenvalue weighted by atomic mass is 35.5. The van der Waals surface area contributed by atoms with Gasteiger partial charge in [0.25, 0.3) is 0 Å². The van der Waals surface area contributed by atoms with Crippen molar-refractivity contribution in [3.8, 4) is 5.88 Å². The third-order valence-corrected chi connectivity index (χ3v) is 4.37. The maximum Gasteiger partial charge on any atom is 0.340 e. The van der Waals surface area contributed by atoms with Crippen LogP contribution in [0.4, 0.5) is 17.6 Å². The van der Waals surface area contributed by atoms with Crippen molar-refractivity contribution in [3.63, 3.8) is 0 Å². The fourth-order valence-electron chi connectivity index (χ4n) is 2.58. The molecular formula is C18H16ClF4N5O2. The van der Waals surface area contributed by atoms with Crippen LogP contribution in [0.5, 0.6) is 5.88 Å². The lowest BCUT2D eigenvalue weighted by Crippen LogP contribution is -2.34. The summed E-state index contributed by atoms with van der Waals surface area (Å²) in [6.45, 7) is -1.31. The van der Waals surface area contributed by atoms with Crippen LogP contribution in [-0.2, 0) is 17.8 Å². The van der Waals surface area contributed by atoms with Crippen molar-refractivity contribution in [2.75, 3.05) is 13.7 Å². The highest BCUT2D eigenvalue weighted by Crippen LogP contribution is 2.28. The lowest BCUT2D eigenvalue weighted by atomic mass is 10.2. The van der Waals surface area contributed by atoms with Crippen LogP contribution < -0.4 is 10.1 Å². The summed E-state index contributed by atoms with van der Waals surface area (Å²) in [5.74, 6) is -4.87. The first kappa shape index (κ1) is 21.8. The second-order valence-electron chi connectivity index (χ2n) is 6.35. The zero-order valence-corrected chi connectivity index (χ0v) is 16.3. The summed E-state index contributed by atoms with van der Waals surface area (Å²) in [6, 6.07) is 3.12. The lowest BCUT2D eigenvalue weighted by molar-refractivity contribution is -0.148. The smallest absolute Gasteiger partial charge is 0.340 e. The van der Waals surface area contributed by atoms with Crippen molar-refractivity contribution in [2.45, 2.75) is 25.3 Å². The number of hydrogen-bond acceptors (Lipinski definition) is 5. The van der Waals surface area contributed by atoms with Crippen LogP contribution >= 0.6 is 11.6 Å². The van der Waals surface area contributed by atoms with Gasteiger partial charge in [0.15, 0.2) is 6.61 Å². The Morgan fingerprint density at radius 3 is 2.80 bits per heavy atom. The van der Waals surface area contributed by atoms with Gasteiger partial charge in [-0.05, 0) is 17.7 Å². The van der Waals surface area contributed by atoms with Crippen molar-refractivity contribution < 1.29 is 27.1 Å². The number of carbonyl (C=O) groups is 1. The SMILES string of the molecule is CNC(=O)Cc1nccc2nn(Cc3cnc(OCC(F)(F)C(F)F)c(Cl)c3)cc12. The standard InChI is InChI=1S/C18H16ClF4N5O2/c1-24-15(29)5-14-11-8-28(27-13(11)2-3-25-14)7-10-4-12(19)16(26-6-10)30-9-18(22,23)17(20)21/h2-4,6,8,17H,5,7,9H2,1H3,(H,24,29). The molecule has 7 nitrogen and oxygen atoms in total. The predicted molar refractivity (Wildman–Crippen MR) is 100 cm³/mol. The summed E-state index contributed by atoms with van der Waals surface area (Å²) in [6.07, 6.45) is 0.826. The molecule has 0 radical (unpaired) electrons. The molecule has 3 aromatic rings. The normalized spacial score (nSPS) is 11.8. The summed E-state index contributed by atoms with van der Waals surface area (Å²) < 4.78 is 56.6. The van der Waals surface area contributed by atoms with Gasteiger partial charge in [-0.3, -0.25) is 14.5 Å². The molecule has 0 fully saturated rings. The number of halogens is 5. The van der Waals surface area contributed by atoms with Crippen LogP contribution in [0.2, 0.25) is 5.02 Å². The first-order valence-corrected chi connectivity index (χ1v) is 9.02. The molecule has 0 unspecified atom stereocenters. The third kappa shape index (κ3) is 4.96. The number of aromatic nitrogens is 4. The number of carbonyl (C=O) groups excluding carboxylic acids is 1. The van der Waals surface area contributed by atoms with Gasteiger partial charge in [-0.2, -0.15) is 13.9 Å². The van der Waals surface area contributed by atoms with Crippen molar-refractivity contribution in [1.82, 2.24) is 25.1 Å². The quantitative estimate of drug-likeness (QED) is 0.539. The average Bonchev–Trinajstić information content (AvgIpc) is 3.10. The van der Waals surface area contributed by atoms with Crippen LogP contribution in [0.15, 0.2) is 30.7 Å². The Morgan fingerprint density at radius 1 is 1.37 bits per heavy atom. The van der Waals surface area contributed by atoms with Crippen molar-refractivity contribution in [2.24, 2.45) is 0 Å². The monoisotopic (exact) mass is 445 g/mol. The average molecular weight is 446 g/mol. The van der Waals surface area contributed by atoms with Gasteiger partial charge >= 0.3 is 12.3 Å². The van der Waals surface area contributed by atoms with E-state index in [-0.39, 0.29) is 29.8 Å². The molecule has 12 heteroatoms. The number of nitrogens with zero attached hydrogens (tertiary/aromatic N) is 4. The minimum atomic E-state index is -4.31. The van der Waals surface area contributed by atoms with Crippen molar-refractivity contribution in [1.29, 1.82) is 0 Å². The van der Waals surface area contributed by atoms with Gasteiger partial charge in [0.2, 0.25) is 11.8 Å². The zero-order chi connectivity index (χ0) is 21.9. The van der Waals surface area contributed by atoms with E-state index >= 15 is 0 Å². The van der Waals surface area contributed by atoms with E-state index in [2.05, 4.69) is 25.1 Å². The molecular weight excluding hydrogens is 430 g/mol. The molecule has 3 rings (SSSR count). The van der Waals surface area contributed by atoms with Gasteiger partial charge in [0.1, 0.15) is 5.02 Å². The Kier molecular flexibility index (Phi) is 6.40. The number of ether oxygens (including phenoxy) is 1.